The number of aliphatic hydroxyl groups is 1. The predicted octanol–water partition coefficient (Wildman–Crippen LogP) is 4.66. The molecular weight excluding hydrogens is 382 g/mol. The summed E-state index contributed by atoms with van der Waals surface area (Å²) in [5.41, 5.74) is 1.36. The van der Waals surface area contributed by atoms with Crippen molar-refractivity contribution in [3.05, 3.63) is 58.6 Å². The molecule has 1 N–H and O–H groups in total. The van der Waals surface area contributed by atoms with E-state index in [1.165, 1.54) is 7.11 Å². The summed E-state index contributed by atoms with van der Waals surface area (Å²) in [6.45, 7) is 3.71. The zero-order valence-corrected chi connectivity index (χ0v) is 17.6. The number of amides is 1. The van der Waals surface area contributed by atoms with Crippen LogP contribution in [0.15, 0.2) is 40.3 Å². The van der Waals surface area contributed by atoms with E-state index in [1.54, 1.807) is 23.1 Å². The fraction of sp³-hybridized carbons (Fsp3) is 0.417. The summed E-state index contributed by atoms with van der Waals surface area (Å²) >= 11 is 0. The molecule has 1 saturated heterocycles. The first-order valence-electron chi connectivity index (χ1n) is 10.4. The number of likely N-dealkylation sites (tertiary alicyclic amines) is 1. The summed E-state index contributed by atoms with van der Waals surface area (Å²) in [6.07, 6.45) is 4.85. The van der Waals surface area contributed by atoms with Gasteiger partial charge in [-0.05, 0) is 51.0 Å². The van der Waals surface area contributed by atoms with Gasteiger partial charge >= 0.3 is 0 Å². The summed E-state index contributed by atoms with van der Waals surface area (Å²) in [5.74, 6) is 0.134. The number of carbonyl (C=O) groups is 2. The van der Waals surface area contributed by atoms with E-state index < -0.39 is 17.7 Å². The molecule has 1 aliphatic carbocycles. The topological polar surface area (TPSA) is 80.0 Å². The van der Waals surface area contributed by atoms with Gasteiger partial charge < -0.3 is 19.2 Å². The SMILES string of the molecule is COc1ccc(C)cc1/C(O)=C1\C(=O)C(=O)N(C2CCCCC2)C1c1ccc(C)o1. The van der Waals surface area contributed by atoms with Crippen molar-refractivity contribution in [3.8, 4) is 5.75 Å². The molecule has 4 rings (SSSR count). The van der Waals surface area contributed by atoms with E-state index in [2.05, 4.69) is 0 Å². The van der Waals surface area contributed by atoms with Gasteiger partial charge in [0, 0.05) is 6.04 Å². The van der Waals surface area contributed by atoms with Gasteiger partial charge in [0.2, 0.25) is 0 Å². The Hall–Kier alpha value is -3.02. The summed E-state index contributed by atoms with van der Waals surface area (Å²) < 4.78 is 11.3. The van der Waals surface area contributed by atoms with Gasteiger partial charge in [-0.15, -0.1) is 0 Å². The molecule has 1 aliphatic heterocycles. The Labute approximate surface area is 176 Å². The van der Waals surface area contributed by atoms with Gasteiger partial charge in [-0.2, -0.15) is 0 Å². The van der Waals surface area contributed by atoms with Crippen LogP contribution in [0.25, 0.3) is 5.76 Å². The number of rotatable bonds is 4. The zero-order valence-electron chi connectivity index (χ0n) is 17.6. The molecule has 1 unspecified atom stereocenters. The van der Waals surface area contributed by atoms with Gasteiger partial charge in [-0.25, -0.2) is 0 Å². The maximum Gasteiger partial charge on any atom is 0.296 e. The maximum absolute atomic E-state index is 13.2. The van der Waals surface area contributed by atoms with Gasteiger partial charge in [0.25, 0.3) is 11.7 Å². The average Bonchev–Trinajstić information content (AvgIpc) is 3.29. The van der Waals surface area contributed by atoms with Crippen LogP contribution in [0.3, 0.4) is 0 Å². The molecule has 30 heavy (non-hydrogen) atoms. The number of aliphatic hydroxyl groups excluding tert-OH is 1. The van der Waals surface area contributed by atoms with Crippen LogP contribution in [0.1, 0.15) is 60.8 Å². The van der Waals surface area contributed by atoms with Gasteiger partial charge in [0.15, 0.2) is 0 Å². The number of Topliss-reactive ketones (excluding diaryl/α,β-unsaturated/α-hetero) is 1. The molecule has 1 aromatic carbocycles. The first kappa shape index (κ1) is 20.3. The van der Waals surface area contributed by atoms with E-state index >= 15 is 0 Å². The normalized spacial score (nSPS) is 22.0. The van der Waals surface area contributed by atoms with Crippen molar-refractivity contribution in [2.45, 2.75) is 58.0 Å². The highest BCUT2D eigenvalue weighted by Crippen LogP contribution is 2.44. The number of hydrogen-bond donors (Lipinski definition) is 1. The lowest BCUT2D eigenvalue weighted by Crippen LogP contribution is -2.40. The summed E-state index contributed by atoms with van der Waals surface area (Å²) in [7, 11) is 1.51. The Bertz CT molecular complexity index is 1010. The van der Waals surface area contributed by atoms with Gasteiger partial charge in [0.1, 0.15) is 29.1 Å². The molecule has 2 heterocycles. The highest BCUT2D eigenvalue weighted by molar-refractivity contribution is 6.46. The molecule has 6 heteroatoms. The van der Waals surface area contributed by atoms with Gasteiger partial charge in [-0.3, -0.25) is 9.59 Å². The van der Waals surface area contributed by atoms with E-state index in [-0.39, 0.29) is 17.4 Å². The number of ether oxygens (including phenoxy) is 1. The van der Waals surface area contributed by atoms with E-state index in [0.717, 1.165) is 37.7 Å². The molecule has 1 saturated carbocycles. The largest absolute Gasteiger partial charge is 0.507 e. The molecule has 2 aliphatic rings. The molecule has 2 aromatic rings. The lowest BCUT2D eigenvalue weighted by Gasteiger charge is -2.34. The van der Waals surface area contributed by atoms with Crippen LogP contribution in [-0.4, -0.2) is 34.8 Å². The minimum Gasteiger partial charge on any atom is -0.507 e. The minimum atomic E-state index is -0.744. The van der Waals surface area contributed by atoms with E-state index in [4.69, 9.17) is 9.15 Å². The summed E-state index contributed by atoms with van der Waals surface area (Å²) in [6, 6.07) is 8.16. The minimum absolute atomic E-state index is 0.0460. The third-order valence-electron chi connectivity index (χ3n) is 6.09. The van der Waals surface area contributed by atoms with Crippen molar-refractivity contribution in [2.75, 3.05) is 7.11 Å². The molecule has 6 nitrogen and oxygen atoms in total. The number of hydrogen-bond acceptors (Lipinski definition) is 5. The molecule has 1 amide bonds. The van der Waals surface area contributed by atoms with Gasteiger partial charge in [0.05, 0.1) is 18.2 Å². The molecule has 1 atom stereocenters. The lowest BCUT2D eigenvalue weighted by molar-refractivity contribution is -0.142. The third-order valence-corrected chi connectivity index (χ3v) is 6.09. The second kappa shape index (κ2) is 8.01. The Morgan fingerprint density at radius 2 is 1.83 bits per heavy atom. The molecule has 0 spiro atoms. The maximum atomic E-state index is 13.2. The fourth-order valence-corrected chi connectivity index (χ4v) is 4.62. The Kier molecular flexibility index (Phi) is 5.41. The van der Waals surface area contributed by atoms with E-state index in [1.807, 2.05) is 26.0 Å². The monoisotopic (exact) mass is 409 g/mol. The van der Waals surface area contributed by atoms with Crippen LogP contribution in [-0.2, 0) is 9.59 Å². The van der Waals surface area contributed by atoms with Crippen molar-refractivity contribution in [3.63, 3.8) is 0 Å². The summed E-state index contributed by atoms with van der Waals surface area (Å²) in [4.78, 5) is 27.9. The van der Waals surface area contributed by atoms with Crippen molar-refractivity contribution in [2.24, 2.45) is 0 Å². The highest BCUT2D eigenvalue weighted by Gasteiger charge is 2.50. The predicted molar refractivity (Wildman–Crippen MR) is 112 cm³/mol. The first-order chi connectivity index (χ1) is 14.4. The molecule has 1 aromatic heterocycles. The third kappa shape index (κ3) is 3.40. The number of benzene rings is 1. The molecular formula is C24H27NO5. The van der Waals surface area contributed by atoms with Crippen LogP contribution in [0, 0.1) is 13.8 Å². The number of ketones is 1. The highest BCUT2D eigenvalue weighted by atomic mass is 16.5. The second-order valence-corrected chi connectivity index (χ2v) is 8.15. The Morgan fingerprint density at radius 1 is 1.10 bits per heavy atom. The van der Waals surface area contributed by atoms with E-state index in [9.17, 15) is 14.7 Å². The second-order valence-electron chi connectivity index (χ2n) is 8.15. The quantitative estimate of drug-likeness (QED) is 0.451. The van der Waals surface area contributed by atoms with Crippen molar-refractivity contribution >= 4 is 17.4 Å². The number of methoxy groups -OCH3 is 1. The molecule has 0 bridgehead atoms. The standard InChI is InChI=1S/C24H27NO5/c1-14-9-11-18(29-3)17(13-14)22(26)20-21(19-12-10-15(2)30-19)25(24(28)23(20)27)16-7-5-4-6-8-16/h9-13,16,21,26H,4-8H2,1-3H3/b22-20+. The summed E-state index contributed by atoms with van der Waals surface area (Å²) in [5, 5.41) is 11.3. The van der Waals surface area contributed by atoms with Crippen LogP contribution < -0.4 is 4.74 Å². The molecule has 2 fully saturated rings. The number of aryl methyl sites for hydroxylation is 2. The van der Waals surface area contributed by atoms with Crippen molar-refractivity contribution in [1.29, 1.82) is 0 Å². The average molecular weight is 409 g/mol. The van der Waals surface area contributed by atoms with Crippen LogP contribution in [0.4, 0.5) is 0 Å². The van der Waals surface area contributed by atoms with Crippen LogP contribution in [0.2, 0.25) is 0 Å². The number of nitrogens with zero attached hydrogens (tertiary/aromatic N) is 1. The lowest BCUT2D eigenvalue weighted by atomic mass is 9.92. The number of furan rings is 1. The number of carbonyl (C=O) groups excluding carboxylic acids is 2. The Morgan fingerprint density at radius 3 is 2.47 bits per heavy atom. The van der Waals surface area contributed by atoms with Crippen LogP contribution in [0.5, 0.6) is 5.75 Å². The smallest absolute Gasteiger partial charge is 0.296 e. The first-order valence-corrected chi connectivity index (χ1v) is 10.4. The molecule has 158 valence electrons. The van der Waals surface area contributed by atoms with Crippen LogP contribution >= 0.6 is 0 Å². The van der Waals surface area contributed by atoms with Crippen molar-refractivity contribution in [1.82, 2.24) is 4.90 Å². The zero-order chi connectivity index (χ0) is 21.4. The fourth-order valence-electron chi connectivity index (χ4n) is 4.62. The molecule has 0 radical (unpaired) electrons. The van der Waals surface area contributed by atoms with Gasteiger partial charge in [-0.1, -0.05) is 30.9 Å². The Balaban J connectivity index is 1.90. The van der Waals surface area contributed by atoms with E-state index in [0.29, 0.717) is 22.8 Å². The van der Waals surface area contributed by atoms with Crippen molar-refractivity contribution < 1.29 is 23.8 Å².